The first-order chi connectivity index (χ1) is 21.5. The summed E-state index contributed by atoms with van der Waals surface area (Å²) in [6, 6.07) is 12.7. The van der Waals surface area contributed by atoms with E-state index in [0.717, 1.165) is 62.7 Å². The fourth-order valence-corrected chi connectivity index (χ4v) is 8.86. The summed E-state index contributed by atoms with van der Waals surface area (Å²) in [4.78, 5) is 24.6. The highest BCUT2D eigenvalue weighted by Crippen LogP contribution is 2.52. The maximum absolute atomic E-state index is 13.6. The van der Waals surface area contributed by atoms with E-state index in [4.69, 9.17) is 20.9 Å². The van der Waals surface area contributed by atoms with Gasteiger partial charge in [0.25, 0.3) is 0 Å². The molecule has 4 fully saturated rings. The molecule has 8 nitrogen and oxygen atoms in total. The number of nitrogens with two attached hydrogens (primary N) is 2. The van der Waals surface area contributed by atoms with Gasteiger partial charge in [-0.05, 0) is 73.1 Å². The molecule has 244 valence electrons. The predicted octanol–water partition coefficient (Wildman–Crippen LogP) is 4.15. The van der Waals surface area contributed by atoms with Gasteiger partial charge in [0.05, 0.1) is 6.61 Å². The van der Waals surface area contributed by atoms with Gasteiger partial charge in [0.2, 0.25) is 11.8 Å². The van der Waals surface area contributed by atoms with Crippen LogP contribution in [0.15, 0.2) is 42.5 Å². The number of benzene rings is 2. The summed E-state index contributed by atoms with van der Waals surface area (Å²) < 4.78 is 53.6. The maximum Gasteiger partial charge on any atom is 0.411 e. The van der Waals surface area contributed by atoms with Gasteiger partial charge in [0, 0.05) is 61.0 Å². The van der Waals surface area contributed by atoms with E-state index < -0.39 is 35.8 Å². The second-order valence-corrected chi connectivity index (χ2v) is 13.3. The van der Waals surface area contributed by atoms with Gasteiger partial charge in [-0.15, -0.1) is 0 Å². The molecule has 2 aromatic carbocycles. The average molecular weight is 629 g/mol. The van der Waals surface area contributed by atoms with E-state index in [-0.39, 0.29) is 29.2 Å². The van der Waals surface area contributed by atoms with Gasteiger partial charge in [0.1, 0.15) is 17.8 Å². The summed E-state index contributed by atoms with van der Waals surface area (Å²) in [5.41, 5.74) is 12.6. The van der Waals surface area contributed by atoms with Crippen LogP contribution in [0.3, 0.4) is 0 Å². The Labute approximate surface area is 261 Å². The van der Waals surface area contributed by atoms with E-state index in [1.807, 2.05) is 24.3 Å². The Morgan fingerprint density at radius 3 is 1.82 bits per heavy atom. The van der Waals surface area contributed by atoms with Gasteiger partial charge in [-0.25, -0.2) is 0 Å². The minimum atomic E-state index is -4.49. The summed E-state index contributed by atoms with van der Waals surface area (Å²) >= 11 is 0. The van der Waals surface area contributed by atoms with E-state index in [1.165, 1.54) is 0 Å². The summed E-state index contributed by atoms with van der Waals surface area (Å²) in [6.45, 7) is 1.60. The number of alkyl halides is 3. The number of primary amides is 2. The van der Waals surface area contributed by atoms with Crippen molar-refractivity contribution in [3.05, 3.63) is 70.3 Å². The zero-order chi connectivity index (χ0) is 31.8. The first-order valence-corrected chi connectivity index (χ1v) is 16.1. The minimum Gasteiger partial charge on any atom is -0.369 e. The fraction of sp³-hybridized carbons (Fsp3) is 0.588. The average Bonchev–Trinajstić information content (AvgIpc) is 2.99. The minimum absolute atomic E-state index is 0.172. The molecule has 45 heavy (non-hydrogen) atoms. The van der Waals surface area contributed by atoms with Crippen LogP contribution in [-0.4, -0.2) is 57.4 Å². The van der Waals surface area contributed by atoms with Gasteiger partial charge in [0.15, 0.2) is 0 Å². The lowest BCUT2D eigenvalue weighted by molar-refractivity contribution is -0.244. The van der Waals surface area contributed by atoms with Gasteiger partial charge < -0.3 is 31.6 Å². The monoisotopic (exact) mass is 628 g/mol. The van der Waals surface area contributed by atoms with Crippen LogP contribution in [0.2, 0.25) is 0 Å². The molecule has 0 aromatic heterocycles. The maximum atomic E-state index is 13.6. The lowest BCUT2D eigenvalue weighted by atomic mass is 9.62. The molecular formula is C34H43F3N4O4. The molecule has 2 aliphatic carbocycles. The highest BCUT2D eigenvalue weighted by molar-refractivity contribution is 5.93. The SMILES string of the molecule is NC(=O)c1cccc(C2(OCCc3cc(C(N)=O)cc(C4(OCC(F)(F)F)C5CCCC4CNC5)c3)C3CCCC2CNC3)c1. The number of hydrogen-bond acceptors (Lipinski definition) is 6. The molecule has 4 aliphatic rings. The van der Waals surface area contributed by atoms with E-state index in [9.17, 15) is 22.8 Å². The van der Waals surface area contributed by atoms with Crippen molar-refractivity contribution in [2.24, 2.45) is 35.1 Å². The molecule has 6 rings (SSSR count). The Balaban J connectivity index is 1.34. The first kappa shape index (κ1) is 32.0. The van der Waals surface area contributed by atoms with Crippen molar-refractivity contribution in [2.45, 2.75) is 62.3 Å². The molecule has 4 atom stereocenters. The van der Waals surface area contributed by atoms with Gasteiger partial charge >= 0.3 is 6.18 Å². The van der Waals surface area contributed by atoms with E-state index >= 15 is 0 Å². The number of rotatable bonds is 10. The van der Waals surface area contributed by atoms with Crippen LogP contribution in [0.4, 0.5) is 13.2 Å². The van der Waals surface area contributed by atoms with Crippen LogP contribution in [0.25, 0.3) is 0 Å². The number of carbonyl (C=O) groups excluding carboxylic acids is 2. The van der Waals surface area contributed by atoms with Crippen LogP contribution in [-0.2, 0) is 27.1 Å². The number of amides is 2. The molecule has 11 heteroatoms. The number of halogens is 3. The summed E-state index contributed by atoms with van der Waals surface area (Å²) in [6.07, 6.45) is 1.34. The third kappa shape index (κ3) is 6.12. The van der Waals surface area contributed by atoms with Crippen LogP contribution in [0, 0.1) is 23.7 Å². The quantitative estimate of drug-likeness (QED) is 0.313. The number of ether oxygens (including phenoxy) is 2. The molecule has 0 spiro atoms. The molecule has 6 N–H and O–H groups in total. The lowest BCUT2D eigenvalue weighted by Gasteiger charge is -2.53. The zero-order valence-corrected chi connectivity index (χ0v) is 25.5. The molecule has 0 radical (unpaired) electrons. The van der Waals surface area contributed by atoms with Crippen LogP contribution in [0.5, 0.6) is 0 Å². The van der Waals surface area contributed by atoms with Crippen molar-refractivity contribution in [1.82, 2.24) is 10.6 Å². The van der Waals surface area contributed by atoms with Gasteiger partial charge in [-0.3, -0.25) is 9.59 Å². The van der Waals surface area contributed by atoms with Crippen molar-refractivity contribution in [1.29, 1.82) is 0 Å². The highest BCUT2D eigenvalue weighted by Gasteiger charge is 2.54. The third-order valence-corrected chi connectivity index (χ3v) is 10.7. The number of carbonyl (C=O) groups is 2. The fourth-order valence-electron chi connectivity index (χ4n) is 8.86. The summed E-state index contributed by atoms with van der Waals surface area (Å²) in [5, 5.41) is 6.92. The van der Waals surface area contributed by atoms with Crippen LogP contribution >= 0.6 is 0 Å². The molecular weight excluding hydrogens is 585 g/mol. The third-order valence-electron chi connectivity index (χ3n) is 10.7. The van der Waals surface area contributed by atoms with Crippen molar-refractivity contribution in [2.75, 3.05) is 39.4 Å². The highest BCUT2D eigenvalue weighted by atomic mass is 19.4. The molecule has 2 saturated carbocycles. The molecule has 2 heterocycles. The molecule has 4 bridgehead atoms. The normalized spacial score (nSPS) is 31.4. The second kappa shape index (κ2) is 12.7. The van der Waals surface area contributed by atoms with Crippen molar-refractivity contribution >= 4 is 11.8 Å². The van der Waals surface area contributed by atoms with E-state index in [0.29, 0.717) is 37.2 Å². The Morgan fingerprint density at radius 1 is 0.756 bits per heavy atom. The van der Waals surface area contributed by atoms with Crippen molar-refractivity contribution < 1.29 is 32.2 Å². The number of hydrogen-bond donors (Lipinski definition) is 4. The largest absolute Gasteiger partial charge is 0.411 e. The Kier molecular flexibility index (Phi) is 8.99. The predicted molar refractivity (Wildman–Crippen MR) is 162 cm³/mol. The lowest BCUT2D eigenvalue weighted by Crippen LogP contribution is -2.59. The molecule has 2 aliphatic heterocycles. The Bertz CT molecular complexity index is 1370. The topological polar surface area (TPSA) is 129 Å². The summed E-state index contributed by atoms with van der Waals surface area (Å²) in [7, 11) is 0. The van der Waals surface area contributed by atoms with Crippen molar-refractivity contribution in [3.63, 3.8) is 0 Å². The van der Waals surface area contributed by atoms with E-state index in [2.05, 4.69) is 10.6 Å². The summed E-state index contributed by atoms with van der Waals surface area (Å²) in [5.74, 6) is -1.10. The molecule has 2 amide bonds. The Hall–Kier alpha value is -2.99. The standard InChI is InChI=1S/C34H43F3N4O4/c35-32(36,37)20-45-34(27-8-3-9-28(34)19-41-18-27)29-13-21(12-23(15-29)31(39)43)10-11-44-33(24-5-1-4-22(14-24)30(38)42)25-6-2-7-26(33)17-40-16-25/h1,4-5,12-15,25-28,40-41H,2-3,6-11,16-20H2,(H2,38,42)(H2,39,43). The van der Waals surface area contributed by atoms with Crippen LogP contribution in [0.1, 0.15) is 75.9 Å². The van der Waals surface area contributed by atoms with Gasteiger partial charge in [-0.2, -0.15) is 13.2 Å². The smallest absolute Gasteiger partial charge is 0.369 e. The number of fused-ring (bicyclic) bond motifs is 4. The second-order valence-electron chi connectivity index (χ2n) is 13.3. The molecule has 2 saturated heterocycles. The Morgan fingerprint density at radius 2 is 1.29 bits per heavy atom. The van der Waals surface area contributed by atoms with Crippen LogP contribution < -0.4 is 22.1 Å². The molecule has 2 aromatic rings. The number of piperidine rings is 2. The van der Waals surface area contributed by atoms with Gasteiger partial charge in [-0.1, -0.05) is 31.0 Å². The molecule has 4 unspecified atom stereocenters. The first-order valence-electron chi connectivity index (χ1n) is 16.1. The zero-order valence-electron chi connectivity index (χ0n) is 25.5. The number of nitrogens with one attached hydrogen (secondary N) is 2. The van der Waals surface area contributed by atoms with Crippen molar-refractivity contribution in [3.8, 4) is 0 Å². The van der Waals surface area contributed by atoms with E-state index in [1.54, 1.807) is 18.2 Å².